The predicted octanol–water partition coefficient (Wildman–Crippen LogP) is 4.90. The summed E-state index contributed by atoms with van der Waals surface area (Å²) in [6.07, 6.45) is -0.614. The summed E-state index contributed by atoms with van der Waals surface area (Å²) in [5.74, 6) is 0. The molecule has 1 atom stereocenters. The smallest absolute Gasteiger partial charge is 0.105 e. The highest BCUT2D eigenvalue weighted by molar-refractivity contribution is 14.1. The van der Waals surface area contributed by atoms with Crippen molar-refractivity contribution >= 4 is 54.5 Å². The van der Waals surface area contributed by atoms with Gasteiger partial charge in [-0.25, -0.2) is 0 Å². The normalized spacial score (nSPS) is 12.5. The Kier molecular flexibility index (Phi) is 4.63. The SMILES string of the molecule is OC(c1cccc(I)c1)c1cc(Br)ccc1Br. The molecule has 0 aromatic heterocycles. The maximum absolute atomic E-state index is 10.4. The second-order valence-electron chi connectivity index (χ2n) is 3.62. The van der Waals surface area contributed by atoms with Gasteiger partial charge in [0.2, 0.25) is 0 Å². The van der Waals surface area contributed by atoms with Gasteiger partial charge in [0.1, 0.15) is 6.10 Å². The van der Waals surface area contributed by atoms with E-state index >= 15 is 0 Å². The first-order valence-electron chi connectivity index (χ1n) is 4.96. The summed E-state index contributed by atoms with van der Waals surface area (Å²) < 4.78 is 2.98. The van der Waals surface area contributed by atoms with E-state index in [1.54, 1.807) is 0 Å². The van der Waals surface area contributed by atoms with Gasteiger partial charge in [0, 0.05) is 18.1 Å². The third-order valence-corrected chi connectivity index (χ3v) is 4.30. The lowest BCUT2D eigenvalue weighted by atomic mass is 10.0. The lowest BCUT2D eigenvalue weighted by Gasteiger charge is -2.14. The number of benzene rings is 2. The van der Waals surface area contributed by atoms with Crippen molar-refractivity contribution in [2.45, 2.75) is 6.10 Å². The molecule has 2 aromatic rings. The van der Waals surface area contributed by atoms with Gasteiger partial charge in [-0.15, -0.1) is 0 Å². The predicted molar refractivity (Wildman–Crippen MR) is 85.1 cm³/mol. The Bertz CT molecular complexity index is 543. The fourth-order valence-electron chi connectivity index (χ4n) is 1.58. The average molecular weight is 468 g/mol. The van der Waals surface area contributed by atoms with E-state index in [1.165, 1.54) is 0 Å². The standard InChI is InChI=1S/C13H9Br2IO/c14-9-4-5-12(15)11(7-9)13(17)8-2-1-3-10(16)6-8/h1-7,13,17H. The molecule has 88 valence electrons. The topological polar surface area (TPSA) is 20.2 Å². The van der Waals surface area contributed by atoms with Crippen LogP contribution in [0.2, 0.25) is 0 Å². The van der Waals surface area contributed by atoms with Gasteiger partial charge in [-0.3, -0.25) is 0 Å². The molecule has 1 nitrogen and oxygen atoms in total. The number of aliphatic hydroxyl groups excluding tert-OH is 1. The Balaban J connectivity index is 2.43. The quantitative estimate of drug-likeness (QED) is 0.623. The maximum atomic E-state index is 10.4. The van der Waals surface area contributed by atoms with Crippen LogP contribution >= 0.6 is 54.5 Å². The molecule has 2 aromatic carbocycles. The molecule has 0 bridgehead atoms. The Labute approximate surface area is 131 Å². The van der Waals surface area contributed by atoms with E-state index in [0.717, 1.165) is 23.6 Å². The second-order valence-corrected chi connectivity index (χ2v) is 6.64. The molecule has 0 spiro atoms. The van der Waals surface area contributed by atoms with Crippen LogP contribution in [0.5, 0.6) is 0 Å². The van der Waals surface area contributed by atoms with Crippen LogP contribution in [-0.4, -0.2) is 5.11 Å². The van der Waals surface area contributed by atoms with E-state index in [9.17, 15) is 5.11 Å². The highest BCUT2D eigenvalue weighted by Gasteiger charge is 2.14. The number of hydrogen-bond donors (Lipinski definition) is 1. The molecule has 0 aliphatic rings. The molecule has 17 heavy (non-hydrogen) atoms. The highest BCUT2D eigenvalue weighted by atomic mass is 127. The molecule has 4 heteroatoms. The Morgan fingerprint density at radius 2 is 1.82 bits per heavy atom. The second kappa shape index (κ2) is 5.82. The van der Waals surface area contributed by atoms with Crippen molar-refractivity contribution in [1.29, 1.82) is 0 Å². The summed E-state index contributed by atoms with van der Waals surface area (Å²) in [6.45, 7) is 0. The summed E-state index contributed by atoms with van der Waals surface area (Å²) in [5.41, 5.74) is 1.76. The minimum Gasteiger partial charge on any atom is -0.384 e. The molecule has 1 unspecified atom stereocenters. The van der Waals surface area contributed by atoms with Crippen molar-refractivity contribution in [3.05, 3.63) is 66.1 Å². The summed E-state index contributed by atoms with van der Waals surface area (Å²) >= 11 is 9.12. The van der Waals surface area contributed by atoms with Gasteiger partial charge in [0.15, 0.2) is 0 Å². The van der Waals surface area contributed by atoms with Crippen LogP contribution in [0.4, 0.5) is 0 Å². The zero-order valence-electron chi connectivity index (χ0n) is 8.70. The molecule has 0 aliphatic heterocycles. The van der Waals surface area contributed by atoms with Crippen molar-refractivity contribution in [2.75, 3.05) is 0 Å². The first kappa shape index (κ1) is 13.5. The number of rotatable bonds is 2. The van der Waals surface area contributed by atoms with Crippen LogP contribution in [0.25, 0.3) is 0 Å². The van der Waals surface area contributed by atoms with Gasteiger partial charge in [-0.2, -0.15) is 0 Å². The molecule has 2 rings (SSSR count). The third kappa shape index (κ3) is 3.30. The van der Waals surface area contributed by atoms with E-state index in [2.05, 4.69) is 54.5 Å². The lowest BCUT2D eigenvalue weighted by Crippen LogP contribution is -2.01. The fraction of sp³-hybridized carbons (Fsp3) is 0.0769. The first-order valence-corrected chi connectivity index (χ1v) is 7.63. The summed E-state index contributed by atoms with van der Waals surface area (Å²) in [7, 11) is 0. The third-order valence-electron chi connectivity index (χ3n) is 2.42. The number of hydrogen-bond acceptors (Lipinski definition) is 1. The van der Waals surface area contributed by atoms with Crippen molar-refractivity contribution in [3.63, 3.8) is 0 Å². The van der Waals surface area contributed by atoms with E-state index in [0.29, 0.717) is 0 Å². The summed E-state index contributed by atoms with van der Waals surface area (Å²) in [5, 5.41) is 10.4. The molecule has 0 radical (unpaired) electrons. The van der Waals surface area contributed by atoms with E-state index in [-0.39, 0.29) is 0 Å². The molecule has 0 saturated carbocycles. The zero-order valence-corrected chi connectivity index (χ0v) is 14.0. The molecule has 0 amide bonds. The minimum atomic E-state index is -0.614. The molecule has 0 saturated heterocycles. The molecular weight excluding hydrogens is 459 g/mol. The largest absolute Gasteiger partial charge is 0.384 e. The van der Waals surface area contributed by atoms with Crippen molar-refractivity contribution < 1.29 is 5.11 Å². The minimum absolute atomic E-state index is 0.614. The van der Waals surface area contributed by atoms with Gasteiger partial charge in [0.25, 0.3) is 0 Å². The van der Waals surface area contributed by atoms with Crippen LogP contribution in [0.3, 0.4) is 0 Å². The Morgan fingerprint density at radius 1 is 1.06 bits per heavy atom. The van der Waals surface area contributed by atoms with Crippen LogP contribution in [0, 0.1) is 3.57 Å². The van der Waals surface area contributed by atoms with Crippen molar-refractivity contribution in [3.8, 4) is 0 Å². The molecule has 0 aliphatic carbocycles. The van der Waals surface area contributed by atoms with Gasteiger partial charge >= 0.3 is 0 Å². The van der Waals surface area contributed by atoms with Crippen molar-refractivity contribution in [1.82, 2.24) is 0 Å². The maximum Gasteiger partial charge on any atom is 0.105 e. The molecule has 0 heterocycles. The lowest BCUT2D eigenvalue weighted by molar-refractivity contribution is 0.219. The van der Waals surface area contributed by atoms with Crippen LogP contribution in [-0.2, 0) is 0 Å². The first-order chi connectivity index (χ1) is 8.08. The van der Waals surface area contributed by atoms with E-state index in [4.69, 9.17) is 0 Å². The summed E-state index contributed by atoms with van der Waals surface area (Å²) in [6, 6.07) is 13.7. The molecule has 1 N–H and O–H groups in total. The number of halogens is 3. The van der Waals surface area contributed by atoms with Crippen LogP contribution in [0.1, 0.15) is 17.2 Å². The number of aliphatic hydroxyl groups is 1. The van der Waals surface area contributed by atoms with Gasteiger partial charge < -0.3 is 5.11 Å². The van der Waals surface area contributed by atoms with Crippen LogP contribution in [0.15, 0.2) is 51.4 Å². The average Bonchev–Trinajstić information content (AvgIpc) is 2.31. The van der Waals surface area contributed by atoms with Gasteiger partial charge in [-0.05, 0) is 58.5 Å². The molecule has 0 fully saturated rings. The van der Waals surface area contributed by atoms with E-state index in [1.807, 2.05) is 42.5 Å². The summed E-state index contributed by atoms with van der Waals surface area (Å²) in [4.78, 5) is 0. The monoisotopic (exact) mass is 466 g/mol. The zero-order chi connectivity index (χ0) is 12.4. The Morgan fingerprint density at radius 3 is 2.53 bits per heavy atom. The highest BCUT2D eigenvalue weighted by Crippen LogP contribution is 2.31. The van der Waals surface area contributed by atoms with E-state index < -0.39 is 6.10 Å². The Hall–Kier alpha value is 0.0900. The van der Waals surface area contributed by atoms with Crippen molar-refractivity contribution in [2.24, 2.45) is 0 Å². The molecular formula is C13H9Br2IO. The fourth-order valence-corrected chi connectivity index (χ4v) is 2.99. The van der Waals surface area contributed by atoms with Gasteiger partial charge in [-0.1, -0.05) is 44.0 Å². The van der Waals surface area contributed by atoms with Crippen LogP contribution < -0.4 is 0 Å². The van der Waals surface area contributed by atoms with Gasteiger partial charge in [0.05, 0.1) is 0 Å².